The van der Waals surface area contributed by atoms with Gasteiger partial charge in [0.1, 0.15) is 47.5 Å². The molecule has 2 aliphatic rings. The Balaban J connectivity index is 1.38. The normalized spacial score (nSPS) is 17.4. The Labute approximate surface area is 326 Å². The summed E-state index contributed by atoms with van der Waals surface area (Å²) in [5, 5.41) is 33.5. The van der Waals surface area contributed by atoms with Gasteiger partial charge in [-0.05, 0) is 80.8 Å². The Morgan fingerprint density at radius 3 is 2.37 bits per heavy atom. The topological polar surface area (TPSA) is 147 Å². The molecule has 3 atom stereocenters. The molecule has 11 nitrogen and oxygen atoms in total. The number of amides is 2. The van der Waals surface area contributed by atoms with Crippen molar-refractivity contribution in [3.63, 3.8) is 0 Å². The van der Waals surface area contributed by atoms with Gasteiger partial charge in [-0.15, -0.1) is 0 Å². The third-order valence-corrected chi connectivity index (χ3v) is 10.3. The Kier molecular flexibility index (Phi) is 10.3. The predicted molar refractivity (Wildman–Crippen MR) is 195 cm³/mol. The molecule has 57 heavy (non-hydrogen) atoms. The van der Waals surface area contributed by atoms with Crippen molar-refractivity contribution in [2.75, 3.05) is 11.9 Å². The summed E-state index contributed by atoms with van der Waals surface area (Å²) in [6, 6.07) is 7.60. The van der Waals surface area contributed by atoms with E-state index in [1.54, 1.807) is 19.2 Å². The van der Waals surface area contributed by atoms with E-state index in [4.69, 9.17) is 16.6 Å². The van der Waals surface area contributed by atoms with Gasteiger partial charge in [0.2, 0.25) is 5.91 Å². The molecule has 1 fully saturated rings. The van der Waals surface area contributed by atoms with Crippen molar-refractivity contribution >= 4 is 40.1 Å². The molecule has 4 N–H and O–H groups in total. The summed E-state index contributed by atoms with van der Waals surface area (Å²) in [5.74, 6) is -3.67. The fraction of sp³-hybridized carbons (Fsp3) is 0.359. The molecule has 5 aromatic rings. The average molecular weight is 814 g/mol. The first kappa shape index (κ1) is 39.8. The molecule has 0 bridgehead atoms. The zero-order chi connectivity index (χ0) is 41.1. The van der Waals surface area contributed by atoms with Gasteiger partial charge >= 0.3 is 0 Å². The van der Waals surface area contributed by atoms with Crippen LogP contribution in [0.4, 0.5) is 32.2 Å². The van der Waals surface area contributed by atoms with Gasteiger partial charge < -0.3 is 20.8 Å². The summed E-state index contributed by atoms with van der Waals surface area (Å²) >= 11 is 6.60. The van der Waals surface area contributed by atoms with Crippen LogP contribution in [-0.4, -0.2) is 58.8 Å². The van der Waals surface area contributed by atoms with Gasteiger partial charge in [0.15, 0.2) is 5.82 Å². The van der Waals surface area contributed by atoms with Crippen molar-refractivity contribution in [1.82, 2.24) is 29.9 Å². The highest BCUT2D eigenvalue weighted by atomic mass is 35.5. The zero-order valence-corrected chi connectivity index (χ0v) is 31.2. The van der Waals surface area contributed by atoms with Gasteiger partial charge in [0.05, 0.1) is 27.7 Å². The highest BCUT2D eigenvalue weighted by Crippen LogP contribution is 2.63. The molecular formula is C39H34ClF6N7O4. The van der Waals surface area contributed by atoms with Crippen molar-refractivity contribution in [3.05, 3.63) is 93.0 Å². The molecule has 2 amide bonds. The first-order valence-electron chi connectivity index (χ1n) is 17.7. The SMILES string of the molecule is Cn1nc(NC(=O)CO)c2c(Cl)ccc(-c3ccc(C#CC(C)(C)O)nc3C(Cc3cc(F)cc(F)c3)NC(=O)Cn3nc(C(F)F)c4c3C(F)(F)C3CCC43)c21. The summed E-state index contributed by atoms with van der Waals surface area (Å²) in [5.41, 5.74) is -2.04. The molecule has 0 aliphatic heterocycles. The number of benzene rings is 2. The van der Waals surface area contributed by atoms with Crippen molar-refractivity contribution in [1.29, 1.82) is 0 Å². The molecule has 18 heteroatoms. The molecule has 3 heterocycles. The molecule has 2 aliphatic carbocycles. The molecule has 7 rings (SSSR count). The second-order valence-electron chi connectivity index (χ2n) is 14.6. The van der Waals surface area contributed by atoms with E-state index in [0.29, 0.717) is 27.4 Å². The molecule has 3 unspecified atom stereocenters. The van der Waals surface area contributed by atoms with Crippen LogP contribution in [0.1, 0.15) is 79.0 Å². The number of anilines is 1. The van der Waals surface area contributed by atoms with Crippen LogP contribution < -0.4 is 10.6 Å². The van der Waals surface area contributed by atoms with Crippen LogP contribution in [0, 0.1) is 29.4 Å². The van der Waals surface area contributed by atoms with E-state index in [0.717, 1.165) is 12.1 Å². The van der Waals surface area contributed by atoms with Crippen molar-refractivity contribution in [3.8, 4) is 23.0 Å². The molecular weight excluding hydrogens is 780 g/mol. The van der Waals surface area contributed by atoms with E-state index >= 15 is 8.78 Å². The fourth-order valence-corrected chi connectivity index (χ4v) is 7.85. The highest BCUT2D eigenvalue weighted by molar-refractivity contribution is 6.37. The molecule has 0 spiro atoms. The number of pyridine rings is 1. The minimum Gasteiger partial charge on any atom is -0.387 e. The Bertz CT molecular complexity index is 2480. The van der Waals surface area contributed by atoms with E-state index < -0.39 is 83.8 Å². The Hall–Kier alpha value is -5.44. The number of carbonyl (C=O) groups excluding carboxylic acids is 2. The van der Waals surface area contributed by atoms with E-state index in [2.05, 4.69) is 32.7 Å². The number of rotatable bonds is 10. The van der Waals surface area contributed by atoms with Gasteiger partial charge in [-0.3, -0.25) is 19.0 Å². The number of carbonyl (C=O) groups is 2. The van der Waals surface area contributed by atoms with Crippen LogP contribution in [0.3, 0.4) is 0 Å². The minimum atomic E-state index is -3.52. The highest BCUT2D eigenvalue weighted by Gasteiger charge is 2.62. The number of aliphatic hydroxyl groups is 2. The number of aryl methyl sites for hydroxylation is 1. The maximum Gasteiger partial charge on any atom is 0.293 e. The third kappa shape index (κ3) is 7.56. The van der Waals surface area contributed by atoms with Crippen LogP contribution >= 0.6 is 11.6 Å². The average Bonchev–Trinajstić information content (AvgIpc) is 3.68. The Morgan fingerprint density at radius 2 is 1.74 bits per heavy atom. The fourth-order valence-electron chi connectivity index (χ4n) is 7.61. The largest absolute Gasteiger partial charge is 0.387 e. The second-order valence-corrected chi connectivity index (χ2v) is 15.0. The monoisotopic (exact) mass is 813 g/mol. The van der Waals surface area contributed by atoms with E-state index in [1.807, 2.05) is 0 Å². The standard InChI is InChI=1S/C39H34ClF6N7O4/c1-38(2,57)11-10-21-4-5-22(23-7-9-26(40)31-34(23)52(3)51-37(31)49-29(56)17-54)32(47-21)27(14-18-12-19(41)15-20(42)13-18)48-28(55)16-53-35-30(33(50-53)36(43)44)24-6-8-25(24)39(35,45)46/h4-5,7,9,12-13,15,24-25,27,36,54,57H,6,8,14,16-17H2,1-3H3,(H,48,55)(H,49,51,56). The van der Waals surface area contributed by atoms with Gasteiger partial charge in [-0.1, -0.05) is 23.6 Å². The lowest BCUT2D eigenvalue weighted by Gasteiger charge is -2.34. The van der Waals surface area contributed by atoms with Crippen molar-refractivity contribution < 1.29 is 46.1 Å². The first-order valence-corrected chi connectivity index (χ1v) is 18.1. The summed E-state index contributed by atoms with van der Waals surface area (Å²) in [7, 11) is 1.56. The van der Waals surface area contributed by atoms with Crippen molar-refractivity contribution in [2.45, 2.75) is 69.6 Å². The second kappa shape index (κ2) is 14.8. The molecule has 3 aromatic heterocycles. The quantitative estimate of drug-likeness (QED) is 0.0937. The van der Waals surface area contributed by atoms with E-state index in [9.17, 15) is 37.4 Å². The summed E-state index contributed by atoms with van der Waals surface area (Å²) in [6.07, 6.45) is -3.10. The van der Waals surface area contributed by atoms with Crippen LogP contribution in [0.25, 0.3) is 22.0 Å². The number of hydrogen-bond acceptors (Lipinski definition) is 7. The number of nitrogens with zero attached hydrogens (tertiary/aromatic N) is 5. The van der Waals surface area contributed by atoms with Gasteiger partial charge in [-0.2, -0.15) is 19.0 Å². The number of halogens is 7. The van der Waals surface area contributed by atoms with E-state index in [1.165, 1.54) is 30.7 Å². The minimum absolute atomic E-state index is 0.0146. The predicted octanol–water partition coefficient (Wildman–Crippen LogP) is 6.45. The molecule has 0 saturated heterocycles. The summed E-state index contributed by atoms with van der Waals surface area (Å²) < 4.78 is 90.7. The number of aromatic nitrogens is 5. The first-order chi connectivity index (χ1) is 26.9. The molecule has 298 valence electrons. The zero-order valence-electron chi connectivity index (χ0n) is 30.5. The number of aliphatic hydroxyl groups excluding tert-OH is 1. The van der Waals surface area contributed by atoms with Crippen LogP contribution in [0.2, 0.25) is 5.02 Å². The molecule has 0 radical (unpaired) electrons. The van der Waals surface area contributed by atoms with Crippen LogP contribution in [0.15, 0.2) is 42.5 Å². The maximum atomic E-state index is 15.6. The third-order valence-electron chi connectivity index (χ3n) is 10.0. The lowest BCUT2D eigenvalue weighted by atomic mass is 9.73. The maximum absolute atomic E-state index is 15.6. The number of nitrogens with one attached hydrogen (secondary N) is 2. The lowest BCUT2D eigenvalue weighted by Crippen LogP contribution is -2.36. The number of hydrogen-bond donors (Lipinski definition) is 4. The Morgan fingerprint density at radius 1 is 1.04 bits per heavy atom. The van der Waals surface area contributed by atoms with Gasteiger partial charge in [-0.25, -0.2) is 22.5 Å². The van der Waals surface area contributed by atoms with Crippen molar-refractivity contribution in [2.24, 2.45) is 13.0 Å². The van der Waals surface area contributed by atoms with Crippen LogP contribution in [0.5, 0.6) is 0 Å². The van der Waals surface area contributed by atoms with E-state index in [-0.39, 0.29) is 58.0 Å². The molecule has 2 aromatic carbocycles. The van der Waals surface area contributed by atoms with Crippen LogP contribution in [-0.2, 0) is 35.5 Å². The van der Waals surface area contributed by atoms with Gasteiger partial charge in [0, 0.05) is 35.7 Å². The van der Waals surface area contributed by atoms with Gasteiger partial charge in [0.25, 0.3) is 18.3 Å². The smallest absolute Gasteiger partial charge is 0.293 e. The summed E-state index contributed by atoms with van der Waals surface area (Å²) in [6.45, 7) is 1.13. The number of alkyl halides is 4. The molecule has 1 saturated carbocycles. The number of fused-ring (bicyclic) bond motifs is 4. The lowest BCUT2D eigenvalue weighted by molar-refractivity contribution is -0.123. The summed E-state index contributed by atoms with van der Waals surface area (Å²) in [4.78, 5) is 30.9.